The van der Waals surface area contributed by atoms with Crippen molar-refractivity contribution in [1.29, 1.82) is 0 Å². The van der Waals surface area contributed by atoms with E-state index in [1.54, 1.807) is 0 Å². The summed E-state index contributed by atoms with van der Waals surface area (Å²) in [6, 6.07) is 0. The van der Waals surface area contributed by atoms with Gasteiger partial charge in [-0.3, -0.25) is 14.4 Å². The van der Waals surface area contributed by atoms with Gasteiger partial charge in [0.25, 0.3) is 0 Å². The molecular formula is C56H92O6. The highest BCUT2D eigenvalue weighted by Gasteiger charge is 2.19. The molecule has 6 nitrogen and oxygen atoms in total. The average Bonchev–Trinajstić information content (AvgIpc) is 3.27. The third kappa shape index (κ3) is 47.4. The van der Waals surface area contributed by atoms with Crippen LogP contribution >= 0.6 is 0 Å². The van der Waals surface area contributed by atoms with Gasteiger partial charge in [-0.2, -0.15) is 0 Å². The summed E-state index contributed by atoms with van der Waals surface area (Å²) in [6.07, 6.45) is 65.5. The highest BCUT2D eigenvalue weighted by atomic mass is 16.6. The number of carbonyl (C=O) groups is 3. The molecule has 0 saturated heterocycles. The molecule has 0 amide bonds. The number of rotatable bonds is 44. The molecule has 0 rings (SSSR count). The lowest BCUT2D eigenvalue weighted by atomic mass is 10.0. The lowest BCUT2D eigenvalue weighted by Crippen LogP contribution is -2.30. The smallest absolute Gasteiger partial charge is 0.306 e. The molecular weight excluding hydrogens is 769 g/mol. The van der Waals surface area contributed by atoms with Crippen LogP contribution in [0.25, 0.3) is 0 Å². The molecule has 6 heteroatoms. The number of esters is 3. The van der Waals surface area contributed by atoms with E-state index >= 15 is 0 Å². The second-order valence-corrected chi connectivity index (χ2v) is 16.3. The number of hydrogen-bond donors (Lipinski definition) is 0. The molecule has 0 aliphatic heterocycles. The minimum Gasteiger partial charge on any atom is -0.462 e. The predicted octanol–water partition coefficient (Wildman–Crippen LogP) is 16.6. The first-order chi connectivity index (χ1) is 30.5. The molecule has 0 spiro atoms. The molecule has 0 fully saturated rings. The molecule has 1 unspecified atom stereocenters. The lowest BCUT2D eigenvalue weighted by Gasteiger charge is -2.18. The van der Waals surface area contributed by atoms with Gasteiger partial charge in [0, 0.05) is 19.3 Å². The van der Waals surface area contributed by atoms with Gasteiger partial charge in [0.05, 0.1) is 0 Å². The number of carbonyl (C=O) groups excluding carboxylic acids is 3. The van der Waals surface area contributed by atoms with Crippen LogP contribution in [-0.4, -0.2) is 37.2 Å². The largest absolute Gasteiger partial charge is 0.462 e. The maximum atomic E-state index is 12.8. The summed E-state index contributed by atoms with van der Waals surface area (Å²) in [7, 11) is 0. The highest BCUT2D eigenvalue weighted by Crippen LogP contribution is 2.14. The Bertz CT molecular complexity index is 1260. The van der Waals surface area contributed by atoms with Crippen LogP contribution in [0.5, 0.6) is 0 Å². The van der Waals surface area contributed by atoms with Crippen LogP contribution < -0.4 is 0 Å². The Morgan fingerprint density at radius 1 is 0.339 bits per heavy atom. The Balaban J connectivity index is 4.50. The standard InChI is InChI=1S/C56H92O6/c1-4-7-10-13-16-19-22-25-26-27-28-29-30-32-34-37-40-43-46-49-55(58)61-52-53(51-60-54(57)48-45-42-39-36-33-24-21-18-15-12-9-6-3)62-56(59)50-47-44-41-38-35-31-23-20-17-14-11-8-5-2/h7,9-10,12,16,18-19,21,25-26,28-29,32,34,40,43,53H,4-6,8,11,13-15,17,20,22-24,27,30-31,33,35-39,41-42,44-52H2,1-3H3/b10-7-,12-9-,19-16-,21-18-,26-25-,29-28-,34-32-,43-40-. The Morgan fingerprint density at radius 3 is 1.08 bits per heavy atom. The molecule has 0 aromatic heterocycles. The fraction of sp³-hybridized carbons (Fsp3) is 0.661. The van der Waals surface area contributed by atoms with Gasteiger partial charge >= 0.3 is 17.9 Å². The van der Waals surface area contributed by atoms with Crippen molar-refractivity contribution < 1.29 is 28.6 Å². The average molecular weight is 861 g/mol. The Hall–Kier alpha value is -3.67. The predicted molar refractivity (Wildman–Crippen MR) is 265 cm³/mol. The number of unbranched alkanes of at least 4 members (excludes halogenated alkanes) is 17. The van der Waals surface area contributed by atoms with E-state index in [2.05, 4.69) is 106 Å². The summed E-state index contributed by atoms with van der Waals surface area (Å²) in [4.78, 5) is 37.9. The molecule has 0 heterocycles. The van der Waals surface area contributed by atoms with Gasteiger partial charge in [-0.1, -0.05) is 214 Å². The summed E-state index contributed by atoms with van der Waals surface area (Å²) in [6.45, 7) is 6.32. The molecule has 0 aliphatic rings. The van der Waals surface area contributed by atoms with E-state index in [1.807, 2.05) is 12.2 Å². The van der Waals surface area contributed by atoms with Crippen LogP contribution in [0.4, 0.5) is 0 Å². The first kappa shape index (κ1) is 58.3. The van der Waals surface area contributed by atoms with Crippen LogP contribution in [0.15, 0.2) is 97.2 Å². The van der Waals surface area contributed by atoms with Crippen LogP contribution in [0.1, 0.15) is 220 Å². The van der Waals surface area contributed by atoms with Crippen molar-refractivity contribution in [2.24, 2.45) is 0 Å². The zero-order valence-electron chi connectivity index (χ0n) is 40.1. The van der Waals surface area contributed by atoms with Crippen LogP contribution in [0.3, 0.4) is 0 Å². The summed E-state index contributed by atoms with van der Waals surface area (Å²) in [5.41, 5.74) is 0. The summed E-state index contributed by atoms with van der Waals surface area (Å²) in [5, 5.41) is 0. The van der Waals surface area contributed by atoms with E-state index < -0.39 is 6.10 Å². The molecule has 0 saturated carbocycles. The molecule has 0 aromatic rings. The van der Waals surface area contributed by atoms with E-state index in [9.17, 15) is 14.4 Å². The molecule has 1 atom stereocenters. The second-order valence-electron chi connectivity index (χ2n) is 16.3. The van der Waals surface area contributed by atoms with Gasteiger partial charge in [-0.25, -0.2) is 0 Å². The van der Waals surface area contributed by atoms with Crippen molar-refractivity contribution in [1.82, 2.24) is 0 Å². The van der Waals surface area contributed by atoms with E-state index in [-0.39, 0.29) is 37.5 Å². The van der Waals surface area contributed by atoms with Gasteiger partial charge in [-0.05, 0) is 83.5 Å². The number of hydrogen-bond acceptors (Lipinski definition) is 6. The molecule has 352 valence electrons. The van der Waals surface area contributed by atoms with Crippen LogP contribution in [-0.2, 0) is 28.6 Å². The van der Waals surface area contributed by atoms with Crippen molar-refractivity contribution in [3.63, 3.8) is 0 Å². The van der Waals surface area contributed by atoms with Crippen molar-refractivity contribution in [2.45, 2.75) is 226 Å². The zero-order chi connectivity index (χ0) is 45.1. The van der Waals surface area contributed by atoms with Gasteiger partial charge in [-0.15, -0.1) is 0 Å². The van der Waals surface area contributed by atoms with Crippen LogP contribution in [0, 0.1) is 0 Å². The molecule has 0 N–H and O–H groups in total. The van der Waals surface area contributed by atoms with Crippen LogP contribution in [0.2, 0.25) is 0 Å². The maximum absolute atomic E-state index is 12.8. The Labute approximate surface area is 381 Å². The topological polar surface area (TPSA) is 78.9 Å². The van der Waals surface area contributed by atoms with Crippen molar-refractivity contribution in [3.05, 3.63) is 97.2 Å². The molecule has 62 heavy (non-hydrogen) atoms. The Kier molecular flexibility index (Phi) is 47.0. The quantitative estimate of drug-likeness (QED) is 0.0263. The first-order valence-electron chi connectivity index (χ1n) is 25.2. The second kappa shape index (κ2) is 50.0. The van der Waals surface area contributed by atoms with E-state index in [0.29, 0.717) is 19.3 Å². The van der Waals surface area contributed by atoms with Gasteiger partial charge in [0.1, 0.15) is 13.2 Å². The van der Waals surface area contributed by atoms with Crippen molar-refractivity contribution >= 4 is 17.9 Å². The minimum atomic E-state index is -0.811. The van der Waals surface area contributed by atoms with E-state index in [4.69, 9.17) is 14.2 Å². The fourth-order valence-electron chi connectivity index (χ4n) is 6.62. The van der Waals surface area contributed by atoms with Crippen molar-refractivity contribution in [3.8, 4) is 0 Å². The number of ether oxygens (including phenoxy) is 3. The summed E-state index contributed by atoms with van der Waals surface area (Å²) < 4.78 is 16.7. The summed E-state index contributed by atoms with van der Waals surface area (Å²) in [5.74, 6) is -1.01. The van der Waals surface area contributed by atoms with Crippen molar-refractivity contribution in [2.75, 3.05) is 13.2 Å². The number of allylic oxidation sites excluding steroid dienone is 16. The monoisotopic (exact) mass is 861 g/mol. The fourth-order valence-corrected chi connectivity index (χ4v) is 6.62. The molecule has 0 radical (unpaired) electrons. The molecule has 0 bridgehead atoms. The van der Waals surface area contributed by atoms with E-state index in [0.717, 1.165) is 109 Å². The molecule has 0 aliphatic carbocycles. The third-order valence-electron chi connectivity index (χ3n) is 10.3. The molecule has 0 aromatic carbocycles. The minimum absolute atomic E-state index is 0.108. The lowest BCUT2D eigenvalue weighted by molar-refractivity contribution is -0.166. The zero-order valence-corrected chi connectivity index (χ0v) is 40.1. The van der Waals surface area contributed by atoms with Gasteiger partial charge in [0.15, 0.2) is 6.10 Å². The maximum Gasteiger partial charge on any atom is 0.306 e. The summed E-state index contributed by atoms with van der Waals surface area (Å²) >= 11 is 0. The van der Waals surface area contributed by atoms with E-state index in [1.165, 1.54) is 64.2 Å². The normalized spacial score (nSPS) is 12.9. The highest BCUT2D eigenvalue weighted by molar-refractivity contribution is 5.71. The third-order valence-corrected chi connectivity index (χ3v) is 10.3. The van der Waals surface area contributed by atoms with Gasteiger partial charge < -0.3 is 14.2 Å². The SMILES string of the molecule is CC/C=C\C/C=C\C/C=C\C/C=C\C/C=C\C/C=C\CCC(=O)OCC(COC(=O)CCCCCCC/C=C\C/C=C\CC)OC(=O)CCCCCCCCCCCCCCC. The Morgan fingerprint density at radius 2 is 0.661 bits per heavy atom. The van der Waals surface area contributed by atoms with Gasteiger partial charge in [0.2, 0.25) is 0 Å². The first-order valence-corrected chi connectivity index (χ1v) is 25.2.